The zero-order valence-corrected chi connectivity index (χ0v) is 10.4. The van der Waals surface area contributed by atoms with E-state index in [1.54, 1.807) is 12.1 Å². The van der Waals surface area contributed by atoms with E-state index in [1.807, 2.05) is 32.0 Å². The monoisotopic (exact) mass is 241 g/mol. The van der Waals surface area contributed by atoms with E-state index in [2.05, 4.69) is 10.3 Å². The molecule has 2 aromatic rings. The number of aromatic nitrogens is 1. The average Bonchev–Trinajstić information content (AvgIpc) is 2.32. The smallest absolute Gasteiger partial charge is 0.257 e. The summed E-state index contributed by atoms with van der Waals surface area (Å²) < 4.78 is 0. The molecule has 18 heavy (non-hydrogen) atoms. The van der Waals surface area contributed by atoms with Gasteiger partial charge < -0.3 is 11.1 Å². The number of pyridine rings is 1. The molecular formula is C14H15N3O. The van der Waals surface area contributed by atoms with Gasteiger partial charge in [0.1, 0.15) is 5.82 Å². The van der Waals surface area contributed by atoms with Crippen LogP contribution in [0.4, 0.5) is 11.5 Å². The fourth-order valence-corrected chi connectivity index (χ4v) is 1.73. The molecule has 2 rings (SSSR count). The van der Waals surface area contributed by atoms with Gasteiger partial charge in [0.2, 0.25) is 0 Å². The van der Waals surface area contributed by atoms with Crippen molar-refractivity contribution in [2.75, 3.05) is 11.1 Å². The van der Waals surface area contributed by atoms with E-state index in [9.17, 15) is 4.79 Å². The van der Waals surface area contributed by atoms with Gasteiger partial charge in [0.15, 0.2) is 0 Å². The van der Waals surface area contributed by atoms with Gasteiger partial charge in [0.05, 0.1) is 11.9 Å². The van der Waals surface area contributed by atoms with Crippen LogP contribution in [0.3, 0.4) is 0 Å². The molecule has 0 bridgehead atoms. The van der Waals surface area contributed by atoms with Crippen LogP contribution < -0.4 is 11.1 Å². The summed E-state index contributed by atoms with van der Waals surface area (Å²) >= 11 is 0. The molecule has 1 heterocycles. The number of nitrogen functional groups attached to an aromatic ring is 1. The van der Waals surface area contributed by atoms with Crippen LogP contribution in [0.15, 0.2) is 36.5 Å². The second-order valence-corrected chi connectivity index (χ2v) is 4.25. The van der Waals surface area contributed by atoms with Gasteiger partial charge in [-0.1, -0.05) is 17.7 Å². The highest BCUT2D eigenvalue weighted by Gasteiger charge is 2.09. The largest absolute Gasteiger partial charge is 0.397 e. The van der Waals surface area contributed by atoms with Crippen molar-refractivity contribution < 1.29 is 4.79 Å². The summed E-state index contributed by atoms with van der Waals surface area (Å²) in [5, 5.41) is 2.74. The quantitative estimate of drug-likeness (QED) is 0.849. The van der Waals surface area contributed by atoms with Crippen LogP contribution in [0.2, 0.25) is 0 Å². The van der Waals surface area contributed by atoms with E-state index in [0.717, 1.165) is 11.1 Å². The number of nitrogens with two attached hydrogens (primary N) is 1. The number of carbonyl (C=O) groups is 1. The van der Waals surface area contributed by atoms with E-state index in [1.165, 1.54) is 6.20 Å². The summed E-state index contributed by atoms with van der Waals surface area (Å²) in [6.07, 6.45) is 1.51. The normalized spacial score (nSPS) is 10.1. The van der Waals surface area contributed by atoms with Crippen molar-refractivity contribution in [3.8, 4) is 0 Å². The number of carbonyl (C=O) groups excluding carboxylic acids is 1. The highest BCUT2D eigenvalue weighted by Crippen LogP contribution is 2.13. The molecule has 0 unspecified atom stereocenters. The average molecular weight is 241 g/mol. The molecule has 0 radical (unpaired) electrons. The van der Waals surface area contributed by atoms with Crippen LogP contribution in [0.25, 0.3) is 0 Å². The first-order chi connectivity index (χ1) is 8.56. The van der Waals surface area contributed by atoms with Crippen LogP contribution in [-0.2, 0) is 0 Å². The number of anilines is 2. The molecule has 92 valence electrons. The van der Waals surface area contributed by atoms with Crippen molar-refractivity contribution in [1.29, 1.82) is 0 Å². The molecule has 3 N–H and O–H groups in total. The summed E-state index contributed by atoms with van der Waals surface area (Å²) in [7, 11) is 0. The third-order valence-corrected chi connectivity index (χ3v) is 2.65. The van der Waals surface area contributed by atoms with E-state index >= 15 is 0 Å². The molecule has 1 amide bonds. The van der Waals surface area contributed by atoms with Crippen molar-refractivity contribution in [1.82, 2.24) is 4.98 Å². The van der Waals surface area contributed by atoms with Crippen LogP contribution in [0.5, 0.6) is 0 Å². The first kappa shape index (κ1) is 12.1. The van der Waals surface area contributed by atoms with Crippen LogP contribution in [-0.4, -0.2) is 10.9 Å². The van der Waals surface area contributed by atoms with E-state index < -0.39 is 0 Å². The first-order valence-corrected chi connectivity index (χ1v) is 5.66. The Labute approximate surface area is 106 Å². The number of amides is 1. The fraction of sp³-hybridized carbons (Fsp3) is 0.143. The molecule has 0 saturated heterocycles. The van der Waals surface area contributed by atoms with Crippen molar-refractivity contribution >= 4 is 17.4 Å². The lowest BCUT2D eigenvalue weighted by Gasteiger charge is -2.07. The Balaban J connectivity index is 2.19. The maximum atomic E-state index is 12.0. The van der Waals surface area contributed by atoms with Gasteiger partial charge in [-0.3, -0.25) is 4.79 Å². The van der Waals surface area contributed by atoms with Gasteiger partial charge in [0, 0.05) is 5.56 Å². The zero-order chi connectivity index (χ0) is 13.1. The van der Waals surface area contributed by atoms with Gasteiger partial charge in [-0.15, -0.1) is 0 Å². The van der Waals surface area contributed by atoms with E-state index in [4.69, 9.17) is 5.73 Å². The molecule has 4 nitrogen and oxygen atoms in total. The van der Waals surface area contributed by atoms with Crippen molar-refractivity contribution in [2.45, 2.75) is 13.8 Å². The van der Waals surface area contributed by atoms with Crippen LogP contribution >= 0.6 is 0 Å². The molecular weight excluding hydrogens is 226 g/mol. The number of aryl methyl sites for hydroxylation is 2. The maximum absolute atomic E-state index is 12.0. The van der Waals surface area contributed by atoms with Gasteiger partial charge in [-0.05, 0) is 37.6 Å². The Bertz CT molecular complexity index is 576. The third kappa shape index (κ3) is 2.66. The second kappa shape index (κ2) is 4.87. The Kier molecular flexibility index (Phi) is 3.28. The predicted molar refractivity (Wildman–Crippen MR) is 72.5 cm³/mol. The minimum absolute atomic E-state index is 0.162. The van der Waals surface area contributed by atoms with Gasteiger partial charge in [0.25, 0.3) is 5.91 Å². The van der Waals surface area contributed by atoms with Crippen molar-refractivity contribution in [3.05, 3.63) is 53.2 Å². The summed E-state index contributed by atoms with van der Waals surface area (Å²) in [6, 6.07) is 9.09. The molecule has 0 aliphatic carbocycles. The second-order valence-electron chi connectivity index (χ2n) is 4.25. The fourth-order valence-electron chi connectivity index (χ4n) is 1.73. The Morgan fingerprint density at radius 2 is 2.00 bits per heavy atom. The zero-order valence-electron chi connectivity index (χ0n) is 10.4. The predicted octanol–water partition coefficient (Wildman–Crippen LogP) is 2.53. The number of rotatable bonds is 2. The highest BCUT2D eigenvalue weighted by atomic mass is 16.1. The van der Waals surface area contributed by atoms with Crippen molar-refractivity contribution in [3.63, 3.8) is 0 Å². The molecule has 4 heteroatoms. The summed E-state index contributed by atoms with van der Waals surface area (Å²) in [6.45, 7) is 3.91. The van der Waals surface area contributed by atoms with Crippen LogP contribution in [0, 0.1) is 13.8 Å². The standard InChI is InChI=1S/C14H15N3O/c1-9-3-5-12(10(2)7-9)14(18)17-13-6-4-11(15)8-16-13/h3-8H,15H2,1-2H3,(H,16,17,18). The SMILES string of the molecule is Cc1ccc(C(=O)Nc2ccc(N)cn2)c(C)c1. The van der Waals surface area contributed by atoms with Crippen LogP contribution in [0.1, 0.15) is 21.5 Å². The van der Waals surface area contributed by atoms with E-state index in [0.29, 0.717) is 17.1 Å². The third-order valence-electron chi connectivity index (χ3n) is 2.65. The lowest BCUT2D eigenvalue weighted by Crippen LogP contribution is -2.14. The van der Waals surface area contributed by atoms with Crippen molar-refractivity contribution in [2.24, 2.45) is 0 Å². The molecule has 1 aromatic carbocycles. The molecule has 0 spiro atoms. The molecule has 0 fully saturated rings. The Hall–Kier alpha value is -2.36. The Morgan fingerprint density at radius 1 is 1.22 bits per heavy atom. The molecule has 1 aromatic heterocycles. The summed E-state index contributed by atoms with van der Waals surface area (Å²) in [4.78, 5) is 16.1. The van der Waals surface area contributed by atoms with Gasteiger partial charge in [-0.25, -0.2) is 4.98 Å². The highest BCUT2D eigenvalue weighted by molar-refractivity contribution is 6.04. The number of nitrogens with one attached hydrogen (secondary N) is 1. The minimum atomic E-state index is -0.162. The molecule has 0 aliphatic heterocycles. The number of hydrogen-bond acceptors (Lipinski definition) is 3. The topological polar surface area (TPSA) is 68.0 Å². The number of nitrogens with zero attached hydrogens (tertiary/aromatic N) is 1. The maximum Gasteiger partial charge on any atom is 0.257 e. The van der Waals surface area contributed by atoms with Gasteiger partial charge in [-0.2, -0.15) is 0 Å². The van der Waals surface area contributed by atoms with Gasteiger partial charge >= 0.3 is 0 Å². The molecule has 0 aliphatic rings. The lowest BCUT2D eigenvalue weighted by atomic mass is 10.1. The lowest BCUT2D eigenvalue weighted by molar-refractivity contribution is 0.102. The summed E-state index contributed by atoms with van der Waals surface area (Å²) in [5.74, 6) is 0.332. The number of hydrogen-bond donors (Lipinski definition) is 2. The number of benzene rings is 1. The molecule has 0 saturated carbocycles. The van der Waals surface area contributed by atoms with E-state index in [-0.39, 0.29) is 5.91 Å². The molecule has 0 atom stereocenters. The minimum Gasteiger partial charge on any atom is -0.397 e. The first-order valence-electron chi connectivity index (χ1n) is 5.66. The summed E-state index contributed by atoms with van der Waals surface area (Å²) in [5.41, 5.74) is 8.84. The Morgan fingerprint density at radius 3 is 2.61 bits per heavy atom.